The SMILES string of the molecule is CC(C)(C)OC(=O)N1CCC(Oc2cc3nc(Nc4cccc(F)c4)ncc3cc2Br)CC1.N#Cc1cc2cnc(Nc3cccc(F)c3)nc2cc1OC1CCNCC1. The number of piperidine rings is 2. The maximum Gasteiger partial charge on any atom is 0.410 e. The van der Waals surface area contributed by atoms with E-state index in [9.17, 15) is 18.8 Å². The maximum atomic E-state index is 13.5. The second kappa shape index (κ2) is 18.8. The average molecular weight is 881 g/mol. The van der Waals surface area contributed by atoms with Gasteiger partial charge in [0.25, 0.3) is 0 Å². The van der Waals surface area contributed by atoms with Crippen molar-refractivity contribution in [2.24, 2.45) is 0 Å². The van der Waals surface area contributed by atoms with Gasteiger partial charge in [0.2, 0.25) is 11.9 Å². The molecule has 0 atom stereocenters. The number of halogens is 3. The second-order valence-corrected chi connectivity index (χ2v) is 16.2. The largest absolute Gasteiger partial charge is 0.489 e. The van der Waals surface area contributed by atoms with E-state index in [0.29, 0.717) is 77.3 Å². The van der Waals surface area contributed by atoms with Crippen LogP contribution in [0.15, 0.2) is 89.7 Å². The molecule has 1 amide bonds. The van der Waals surface area contributed by atoms with E-state index in [-0.39, 0.29) is 29.9 Å². The number of nitriles is 1. The number of hydrogen-bond donors (Lipinski definition) is 3. The monoisotopic (exact) mass is 879 g/mol. The highest BCUT2D eigenvalue weighted by molar-refractivity contribution is 9.10. The van der Waals surface area contributed by atoms with Crippen molar-refractivity contribution in [2.45, 2.75) is 64.3 Å². The van der Waals surface area contributed by atoms with Crippen LogP contribution in [0.1, 0.15) is 52.0 Å². The molecule has 13 nitrogen and oxygen atoms in total. The summed E-state index contributed by atoms with van der Waals surface area (Å²) in [6.45, 7) is 8.55. The van der Waals surface area contributed by atoms with Gasteiger partial charge in [0.05, 0.1) is 21.1 Å². The van der Waals surface area contributed by atoms with E-state index in [2.05, 4.69) is 57.9 Å². The molecule has 2 aliphatic rings. The summed E-state index contributed by atoms with van der Waals surface area (Å²) in [6, 6.07) is 21.7. The number of fused-ring (bicyclic) bond motifs is 2. The van der Waals surface area contributed by atoms with Crippen molar-refractivity contribution in [2.75, 3.05) is 36.8 Å². The van der Waals surface area contributed by atoms with Crippen LogP contribution in [0.4, 0.5) is 36.8 Å². The third-order valence-electron chi connectivity index (χ3n) is 9.56. The molecule has 16 heteroatoms. The number of anilines is 4. The highest BCUT2D eigenvalue weighted by Gasteiger charge is 2.28. The van der Waals surface area contributed by atoms with Gasteiger partial charge in [-0.3, -0.25) is 0 Å². The normalized spacial score (nSPS) is 14.8. The second-order valence-electron chi connectivity index (χ2n) is 15.4. The van der Waals surface area contributed by atoms with E-state index >= 15 is 0 Å². The first-order valence-corrected chi connectivity index (χ1v) is 20.4. The average Bonchev–Trinajstić information content (AvgIpc) is 3.21. The molecular weight excluding hydrogens is 836 g/mol. The number of nitrogens with zero attached hydrogens (tertiary/aromatic N) is 6. The standard InChI is InChI=1S/C24H26BrFN4O3.C20H18FN5O/c1-24(2,3)33-23(31)30-9-7-18(8-10-30)32-21-13-20-15(11-19(21)25)14-27-22(29-20)28-17-6-4-5-16(26)12-17;21-15-2-1-3-16(9-15)25-20-24-12-14-8-13(11-22)19(10-18(14)26-20)27-17-4-6-23-7-5-17/h4-6,11-14,18H,7-10H2,1-3H3,(H,27,28,29);1-3,8-10,12,17,23H,4-7H2,(H,24,25,26). The molecule has 2 fully saturated rings. The zero-order valence-electron chi connectivity index (χ0n) is 33.3. The summed E-state index contributed by atoms with van der Waals surface area (Å²) >= 11 is 3.57. The van der Waals surface area contributed by atoms with Crippen LogP contribution in [0.3, 0.4) is 0 Å². The molecule has 0 bridgehead atoms. The van der Waals surface area contributed by atoms with Gasteiger partial charge in [-0.2, -0.15) is 5.26 Å². The van der Waals surface area contributed by atoms with Gasteiger partial charge in [-0.05, 0) is 111 Å². The molecule has 0 saturated carbocycles. The minimum absolute atomic E-state index is 0.0239. The van der Waals surface area contributed by atoms with Crippen LogP contribution in [0.2, 0.25) is 0 Å². The maximum absolute atomic E-state index is 13.5. The van der Waals surface area contributed by atoms with Crippen LogP contribution in [-0.4, -0.2) is 74.9 Å². The number of benzene rings is 4. The van der Waals surface area contributed by atoms with E-state index in [1.807, 2.05) is 32.9 Å². The van der Waals surface area contributed by atoms with Crippen molar-refractivity contribution in [3.8, 4) is 17.6 Å². The first kappa shape index (κ1) is 42.0. The molecule has 0 unspecified atom stereocenters. The van der Waals surface area contributed by atoms with E-state index in [1.165, 1.54) is 24.3 Å². The Bertz CT molecular complexity index is 2520. The smallest absolute Gasteiger partial charge is 0.410 e. The van der Waals surface area contributed by atoms with Crippen molar-refractivity contribution in [1.82, 2.24) is 30.2 Å². The summed E-state index contributed by atoms with van der Waals surface area (Å²) in [6.07, 6.45) is 6.34. The Morgan fingerprint density at radius 3 is 1.88 bits per heavy atom. The first-order valence-electron chi connectivity index (χ1n) is 19.6. The molecule has 3 N–H and O–H groups in total. The summed E-state index contributed by atoms with van der Waals surface area (Å²) in [5.41, 5.74) is 2.45. The molecule has 2 aromatic heterocycles. The molecule has 310 valence electrons. The van der Waals surface area contributed by atoms with Gasteiger partial charge in [0.15, 0.2) is 0 Å². The van der Waals surface area contributed by atoms with Crippen LogP contribution < -0.4 is 25.4 Å². The Morgan fingerprint density at radius 2 is 1.33 bits per heavy atom. The number of amides is 1. The quantitative estimate of drug-likeness (QED) is 0.133. The first-order chi connectivity index (χ1) is 28.9. The summed E-state index contributed by atoms with van der Waals surface area (Å²) < 4.78 is 45.4. The van der Waals surface area contributed by atoms with Crippen LogP contribution in [0.5, 0.6) is 11.5 Å². The molecule has 60 heavy (non-hydrogen) atoms. The molecule has 2 aliphatic heterocycles. The predicted molar refractivity (Wildman–Crippen MR) is 229 cm³/mol. The van der Waals surface area contributed by atoms with Crippen molar-refractivity contribution in [1.29, 1.82) is 5.26 Å². The third kappa shape index (κ3) is 11.3. The van der Waals surface area contributed by atoms with Gasteiger partial charge < -0.3 is 35.1 Å². The number of hydrogen-bond acceptors (Lipinski definition) is 12. The van der Waals surface area contributed by atoms with Gasteiger partial charge in [0, 0.05) is 72.6 Å². The van der Waals surface area contributed by atoms with Gasteiger partial charge in [0.1, 0.15) is 47.0 Å². The van der Waals surface area contributed by atoms with E-state index in [4.69, 9.17) is 14.2 Å². The summed E-state index contributed by atoms with van der Waals surface area (Å²) in [4.78, 5) is 31.6. The fraction of sp³-hybridized carbons (Fsp3) is 0.318. The summed E-state index contributed by atoms with van der Waals surface area (Å²) in [7, 11) is 0. The van der Waals surface area contributed by atoms with Gasteiger partial charge in [-0.15, -0.1) is 0 Å². The van der Waals surface area contributed by atoms with Gasteiger partial charge in [-0.1, -0.05) is 12.1 Å². The van der Waals surface area contributed by atoms with Gasteiger partial charge >= 0.3 is 6.09 Å². The Morgan fingerprint density at radius 1 is 0.800 bits per heavy atom. The fourth-order valence-electron chi connectivity index (χ4n) is 6.63. The summed E-state index contributed by atoms with van der Waals surface area (Å²) in [5, 5.41) is 20.3. The van der Waals surface area contributed by atoms with Crippen LogP contribution in [0, 0.1) is 23.0 Å². The van der Waals surface area contributed by atoms with Gasteiger partial charge in [-0.25, -0.2) is 33.5 Å². The van der Waals surface area contributed by atoms with Crippen LogP contribution >= 0.6 is 15.9 Å². The fourth-order valence-corrected chi connectivity index (χ4v) is 7.09. The lowest BCUT2D eigenvalue weighted by Gasteiger charge is -2.33. The third-order valence-corrected chi connectivity index (χ3v) is 10.2. The molecule has 0 aliphatic carbocycles. The highest BCUT2D eigenvalue weighted by atomic mass is 79.9. The van der Waals surface area contributed by atoms with Crippen molar-refractivity contribution >= 4 is 67.1 Å². The molecule has 4 heterocycles. The molecule has 8 rings (SSSR count). The lowest BCUT2D eigenvalue weighted by molar-refractivity contribution is 0.0126. The van der Waals surface area contributed by atoms with Crippen molar-refractivity contribution in [3.05, 3.63) is 107 Å². The number of ether oxygens (including phenoxy) is 3. The Balaban J connectivity index is 0.000000185. The lowest BCUT2D eigenvalue weighted by atomic mass is 10.1. The predicted octanol–water partition coefficient (Wildman–Crippen LogP) is 9.57. The zero-order chi connectivity index (χ0) is 42.2. The number of carbonyl (C=O) groups excluding carboxylic acids is 1. The van der Waals surface area contributed by atoms with Crippen molar-refractivity contribution < 1.29 is 27.8 Å². The number of nitrogens with one attached hydrogen (secondary N) is 3. The van der Waals surface area contributed by atoms with Crippen molar-refractivity contribution in [3.63, 3.8) is 0 Å². The molecule has 6 aromatic rings. The van der Waals surface area contributed by atoms with Crippen LogP contribution in [-0.2, 0) is 4.74 Å². The van der Waals surface area contributed by atoms with E-state index in [0.717, 1.165) is 41.2 Å². The minimum Gasteiger partial charge on any atom is -0.489 e. The summed E-state index contributed by atoms with van der Waals surface area (Å²) in [5.74, 6) is 1.26. The molecule has 0 radical (unpaired) electrons. The number of carbonyl (C=O) groups is 1. The lowest BCUT2D eigenvalue weighted by Crippen LogP contribution is -2.44. The Kier molecular flexibility index (Phi) is 13.2. The topological polar surface area (TPSA) is 159 Å². The Labute approximate surface area is 354 Å². The molecular formula is C44H44BrF2N9O4. The molecule has 0 spiro atoms. The zero-order valence-corrected chi connectivity index (χ0v) is 34.9. The van der Waals surface area contributed by atoms with E-state index in [1.54, 1.807) is 53.7 Å². The molecule has 2 saturated heterocycles. The minimum atomic E-state index is -0.509. The Hall–Kier alpha value is -6.18. The number of aromatic nitrogens is 4. The molecule has 4 aromatic carbocycles. The highest BCUT2D eigenvalue weighted by Crippen LogP contribution is 2.33. The van der Waals surface area contributed by atoms with E-state index < -0.39 is 5.60 Å². The number of rotatable bonds is 8. The van der Waals surface area contributed by atoms with Crippen LogP contribution in [0.25, 0.3) is 21.8 Å². The number of likely N-dealkylation sites (tertiary alicyclic amines) is 1.